The number of nitrogens with zero attached hydrogens (tertiary/aromatic N) is 3. The number of carbonyl (C=O) groups is 1. The molecular weight excluding hydrogens is 416 g/mol. The lowest BCUT2D eigenvalue weighted by Gasteiger charge is -2.41. The highest BCUT2D eigenvalue weighted by atomic mass is 32.2. The summed E-state index contributed by atoms with van der Waals surface area (Å²) in [5.41, 5.74) is 7.83. The average Bonchev–Trinajstić information content (AvgIpc) is 3.05. The number of piperazine rings is 1. The third kappa shape index (κ3) is 6.63. The number of carbonyl (C=O) groups excluding carboxylic acids is 1. The van der Waals surface area contributed by atoms with Gasteiger partial charge < -0.3 is 10.6 Å². The molecule has 1 saturated carbocycles. The number of thioether (sulfide) groups is 1. The van der Waals surface area contributed by atoms with E-state index in [0.29, 0.717) is 35.7 Å². The Labute approximate surface area is 200 Å². The zero-order valence-corrected chi connectivity index (χ0v) is 21.4. The Morgan fingerprint density at radius 2 is 1.78 bits per heavy atom. The van der Waals surface area contributed by atoms with Gasteiger partial charge in [0.25, 0.3) is 0 Å². The number of Topliss-reactive ketones (excluding diaryl/α,β-unsaturated/α-hetero) is 1. The van der Waals surface area contributed by atoms with E-state index in [1.54, 1.807) is 0 Å². The van der Waals surface area contributed by atoms with E-state index in [0.717, 1.165) is 45.2 Å². The van der Waals surface area contributed by atoms with Gasteiger partial charge >= 0.3 is 0 Å². The molecule has 2 atom stereocenters. The highest BCUT2D eigenvalue weighted by Crippen LogP contribution is 2.36. The second kappa shape index (κ2) is 12.3. The predicted octanol–water partition coefficient (Wildman–Crippen LogP) is 4.69. The van der Waals surface area contributed by atoms with Crippen LogP contribution in [0.3, 0.4) is 0 Å². The van der Waals surface area contributed by atoms with E-state index in [-0.39, 0.29) is 5.92 Å². The summed E-state index contributed by atoms with van der Waals surface area (Å²) in [6.07, 6.45) is 16.3. The lowest BCUT2D eigenvalue weighted by atomic mass is 9.76. The molecule has 180 valence electrons. The van der Waals surface area contributed by atoms with Crippen LogP contribution in [0.25, 0.3) is 0 Å². The van der Waals surface area contributed by atoms with Crippen molar-refractivity contribution in [1.29, 1.82) is 0 Å². The fourth-order valence-electron chi connectivity index (χ4n) is 5.67. The van der Waals surface area contributed by atoms with Gasteiger partial charge in [-0.15, -0.1) is 0 Å². The number of allylic oxidation sites excluding steroid dienone is 3. The highest BCUT2D eigenvalue weighted by Gasteiger charge is 2.40. The second-order valence-electron chi connectivity index (χ2n) is 10.2. The number of nitrogens with two attached hydrogens (primary N) is 1. The largest absolute Gasteiger partial charge is 0.369 e. The lowest BCUT2D eigenvalue weighted by molar-refractivity contribution is -0.123. The summed E-state index contributed by atoms with van der Waals surface area (Å²) in [4.78, 5) is 21.9. The Bertz CT molecular complexity index is 695. The van der Waals surface area contributed by atoms with E-state index in [4.69, 9.17) is 10.7 Å². The fraction of sp³-hybridized carbons (Fsp3) is 0.769. The molecule has 32 heavy (non-hydrogen) atoms. The van der Waals surface area contributed by atoms with Crippen molar-refractivity contribution in [3.05, 3.63) is 23.9 Å². The maximum Gasteiger partial charge on any atom is 0.196 e. The number of fused-ring (bicyclic) bond motifs is 2. The molecule has 3 rings (SSSR count). The maximum absolute atomic E-state index is 12.1. The number of hydrogen-bond donors (Lipinski definition) is 1. The van der Waals surface area contributed by atoms with Gasteiger partial charge in [-0.1, -0.05) is 26.0 Å². The average molecular weight is 461 g/mol. The van der Waals surface area contributed by atoms with Gasteiger partial charge in [-0.2, -0.15) is 11.8 Å². The first-order valence-electron chi connectivity index (χ1n) is 12.6. The second-order valence-corrected chi connectivity index (χ2v) is 11.2. The lowest BCUT2D eigenvalue weighted by Crippen LogP contribution is -2.57. The first-order valence-corrected chi connectivity index (χ1v) is 14.0. The Hall–Kier alpha value is -1.27. The van der Waals surface area contributed by atoms with Crippen LogP contribution in [0.2, 0.25) is 0 Å². The molecule has 0 radical (unpaired) electrons. The first-order chi connectivity index (χ1) is 15.4. The highest BCUT2D eigenvalue weighted by molar-refractivity contribution is 7.98. The van der Waals surface area contributed by atoms with Crippen molar-refractivity contribution in [2.75, 3.05) is 31.6 Å². The Kier molecular flexibility index (Phi) is 9.72. The summed E-state index contributed by atoms with van der Waals surface area (Å²) < 4.78 is 0. The van der Waals surface area contributed by atoms with Gasteiger partial charge in [0, 0.05) is 56.0 Å². The van der Waals surface area contributed by atoms with Crippen molar-refractivity contribution in [1.82, 2.24) is 9.80 Å². The molecule has 5 nitrogen and oxygen atoms in total. The molecule has 1 aliphatic carbocycles. The van der Waals surface area contributed by atoms with Gasteiger partial charge in [-0.3, -0.25) is 9.69 Å². The third-order valence-corrected chi connectivity index (χ3v) is 8.18. The van der Waals surface area contributed by atoms with E-state index in [9.17, 15) is 4.79 Å². The molecule has 0 spiro atoms. The molecule has 3 aliphatic rings. The molecular formula is C26H44N4OS. The topological polar surface area (TPSA) is 61.9 Å². The van der Waals surface area contributed by atoms with Crippen LogP contribution in [0.5, 0.6) is 0 Å². The molecule has 0 aromatic heterocycles. The van der Waals surface area contributed by atoms with Crippen molar-refractivity contribution in [2.45, 2.75) is 77.8 Å². The van der Waals surface area contributed by atoms with E-state index < -0.39 is 0 Å². The first kappa shape index (κ1) is 25.4. The fourth-order valence-corrected chi connectivity index (χ4v) is 6.11. The molecule has 2 N–H and O–H groups in total. The number of likely N-dealkylation sites (tertiary alicyclic amines) is 1. The van der Waals surface area contributed by atoms with Crippen LogP contribution in [0.4, 0.5) is 0 Å². The van der Waals surface area contributed by atoms with Gasteiger partial charge in [0.2, 0.25) is 0 Å². The van der Waals surface area contributed by atoms with Crippen LogP contribution in [0.15, 0.2) is 28.9 Å². The Morgan fingerprint density at radius 1 is 1.12 bits per heavy atom. The van der Waals surface area contributed by atoms with E-state index >= 15 is 0 Å². The van der Waals surface area contributed by atoms with Crippen LogP contribution in [-0.2, 0) is 4.79 Å². The number of hydrogen-bond acceptors (Lipinski definition) is 4. The monoisotopic (exact) mass is 460 g/mol. The van der Waals surface area contributed by atoms with Gasteiger partial charge in [0.15, 0.2) is 5.96 Å². The standard InChI is InChI=1S/C26H44N4OS/c1-5-6-22(21-9-7-20(8-10-21)15-25(31)19(2)3)16-28-26(27)30-23-11-12-24(30)18-29(17-23)13-14-32-4/h5-6,16,19-21,23-24H,7-15,17-18H2,1-4H3,(H2,27,28)/b6-5-,22-16+/t20-,21+,23?,24?. The van der Waals surface area contributed by atoms with E-state index in [1.165, 1.54) is 30.7 Å². The molecule has 0 amide bonds. The number of guanidine groups is 1. The molecule has 2 aliphatic heterocycles. The SMILES string of the molecule is C\C=C/C(=C\N=C(/N)N1C2CCC1CN(CCSC)C2)[C@H]1CC[C@@H](CC(=O)C(C)C)CC1. The number of rotatable bonds is 9. The Balaban J connectivity index is 1.60. The summed E-state index contributed by atoms with van der Waals surface area (Å²) >= 11 is 1.92. The Morgan fingerprint density at radius 3 is 2.34 bits per heavy atom. The molecule has 2 unspecified atom stereocenters. The van der Waals surface area contributed by atoms with Crippen molar-refractivity contribution in [3.8, 4) is 0 Å². The maximum atomic E-state index is 12.1. The van der Waals surface area contributed by atoms with Gasteiger partial charge in [0.1, 0.15) is 5.78 Å². The van der Waals surface area contributed by atoms with Crippen molar-refractivity contribution >= 4 is 23.5 Å². The summed E-state index contributed by atoms with van der Waals surface area (Å²) in [5, 5.41) is 0. The summed E-state index contributed by atoms with van der Waals surface area (Å²) in [7, 11) is 0. The molecule has 0 aromatic rings. The normalized spacial score (nSPS) is 30.0. The minimum absolute atomic E-state index is 0.159. The van der Waals surface area contributed by atoms with Crippen LogP contribution in [0.1, 0.15) is 65.7 Å². The zero-order valence-electron chi connectivity index (χ0n) is 20.6. The third-order valence-electron chi connectivity index (χ3n) is 7.59. The summed E-state index contributed by atoms with van der Waals surface area (Å²) in [6, 6.07) is 1.01. The van der Waals surface area contributed by atoms with Crippen molar-refractivity contribution in [2.24, 2.45) is 28.5 Å². The van der Waals surface area contributed by atoms with Gasteiger partial charge in [-0.25, -0.2) is 4.99 Å². The van der Waals surface area contributed by atoms with E-state index in [2.05, 4.69) is 35.1 Å². The summed E-state index contributed by atoms with van der Waals surface area (Å²) in [5.74, 6) is 3.55. The minimum atomic E-state index is 0.159. The van der Waals surface area contributed by atoms with Crippen LogP contribution in [-0.4, -0.2) is 65.3 Å². The molecule has 2 bridgehead atoms. The van der Waals surface area contributed by atoms with Crippen LogP contribution in [0, 0.1) is 17.8 Å². The molecule has 2 heterocycles. The molecule has 3 fully saturated rings. The van der Waals surface area contributed by atoms with E-state index in [1.807, 2.05) is 31.8 Å². The predicted molar refractivity (Wildman–Crippen MR) is 138 cm³/mol. The van der Waals surface area contributed by atoms with Gasteiger partial charge in [-0.05, 0) is 69.1 Å². The number of ketones is 1. The van der Waals surface area contributed by atoms with Crippen molar-refractivity contribution < 1.29 is 4.79 Å². The van der Waals surface area contributed by atoms with Gasteiger partial charge in [0.05, 0.1) is 0 Å². The van der Waals surface area contributed by atoms with Crippen molar-refractivity contribution in [3.63, 3.8) is 0 Å². The van der Waals surface area contributed by atoms with Crippen LogP contribution < -0.4 is 5.73 Å². The summed E-state index contributed by atoms with van der Waals surface area (Å²) in [6.45, 7) is 9.49. The molecule has 2 saturated heterocycles. The molecule has 6 heteroatoms. The smallest absolute Gasteiger partial charge is 0.196 e. The zero-order chi connectivity index (χ0) is 23.1. The number of aliphatic imine (C=N–C) groups is 1. The quantitative estimate of drug-likeness (QED) is 0.307. The minimum Gasteiger partial charge on any atom is -0.369 e. The molecule has 0 aromatic carbocycles. The van der Waals surface area contributed by atoms with Crippen LogP contribution >= 0.6 is 11.8 Å².